The lowest BCUT2D eigenvalue weighted by Crippen LogP contribution is -2.22. The van der Waals surface area contributed by atoms with E-state index >= 15 is 0 Å². The summed E-state index contributed by atoms with van der Waals surface area (Å²) < 4.78 is 1.48. The Hall–Kier alpha value is -4.39. The second kappa shape index (κ2) is 7.92. The zero-order valence-corrected chi connectivity index (χ0v) is 15.9. The second-order valence-corrected chi connectivity index (χ2v) is 6.69. The number of carbonyl (C=O) groups is 2. The molecular formula is C23H19N5O2. The van der Waals surface area contributed by atoms with Crippen molar-refractivity contribution < 1.29 is 9.59 Å². The Morgan fingerprint density at radius 2 is 1.37 bits per heavy atom. The summed E-state index contributed by atoms with van der Waals surface area (Å²) in [5.74, 6) is -0.760. The number of carbonyl (C=O) groups excluding carboxylic acids is 2. The number of hydrogen-bond acceptors (Lipinski definition) is 3. The number of aromatic nitrogens is 2. The third kappa shape index (κ3) is 3.90. The van der Waals surface area contributed by atoms with E-state index in [2.05, 4.69) is 34.7 Å². The zero-order valence-electron chi connectivity index (χ0n) is 15.9. The maximum absolute atomic E-state index is 11.7. The molecule has 0 fully saturated rings. The molecule has 0 aliphatic carbocycles. The fourth-order valence-electron chi connectivity index (χ4n) is 3.25. The van der Waals surface area contributed by atoms with Crippen molar-refractivity contribution >= 4 is 17.6 Å². The molecule has 3 amide bonds. The Morgan fingerprint density at radius 1 is 0.767 bits per heavy atom. The minimum Gasteiger partial charge on any atom is -0.364 e. The summed E-state index contributed by atoms with van der Waals surface area (Å²) in [6.45, 7) is 0. The van der Waals surface area contributed by atoms with E-state index in [0.29, 0.717) is 5.69 Å². The first-order chi connectivity index (χ1) is 14.5. The van der Waals surface area contributed by atoms with Crippen LogP contribution in [-0.4, -0.2) is 21.7 Å². The maximum atomic E-state index is 11.7. The van der Waals surface area contributed by atoms with Gasteiger partial charge in [-0.3, -0.25) is 4.79 Å². The molecule has 148 valence electrons. The monoisotopic (exact) mass is 397 g/mol. The van der Waals surface area contributed by atoms with Gasteiger partial charge in [-0.15, -0.1) is 0 Å². The summed E-state index contributed by atoms with van der Waals surface area (Å²) in [5.41, 5.74) is 15.6. The molecule has 7 nitrogen and oxygen atoms in total. The van der Waals surface area contributed by atoms with Gasteiger partial charge in [-0.2, -0.15) is 5.10 Å². The highest BCUT2D eigenvalue weighted by atomic mass is 16.2. The fourth-order valence-corrected chi connectivity index (χ4v) is 3.25. The lowest BCUT2D eigenvalue weighted by atomic mass is 9.99. The van der Waals surface area contributed by atoms with Gasteiger partial charge in [-0.25, -0.2) is 9.48 Å². The standard InChI is InChI=1S/C23H19N5O2/c24-22(29)21-20(26-23(25)30)14-28(27-21)19-11-5-10-18(13-19)17-9-4-8-16(12-17)15-6-2-1-3-7-15/h1-14H,(H2,24,29)(H3,25,26,30). The van der Waals surface area contributed by atoms with Crippen LogP contribution < -0.4 is 16.8 Å². The predicted octanol–water partition coefficient (Wildman–Crippen LogP) is 3.80. The minimum absolute atomic E-state index is 0.0646. The van der Waals surface area contributed by atoms with E-state index in [1.165, 1.54) is 10.9 Å². The Kier molecular flexibility index (Phi) is 5.00. The van der Waals surface area contributed by atoms with Crippen LogP contribution in [-0.2, 0) is 0 Å². The quantitative estimate of drug-likeness (QED) is 0.475. The van der Waals surface area contributed by atoms with Crippen molar-refractivity contribution in [2.24, 2.45) is 11.5 Å². The molecule has 7 heteroatoms. The smallest absolute Gasteiger partial charge is 0.316 e. The van der Waals surface area contributed by atoms with Crippen LogP contribution in [0.15, 0.2) is 85.1 Å². The number of anilines is 1. The molecular weight excluding hydrogens is 378 g/mol. The lowest BCUT2D eigenvalue weighted by molar-refractivity contribution is 0.0996. The van der Waals surface area contributed by atoms with E-state index < -0.39 is 11.9 Å². The number of urea groups is 1. The number of nitrogens with zero attached hydrogens (tertiary/aromatic N) is 2. The molecule has 3 aromatic carbocycles. The minimum atomic E-state index is -0.802. The van der Waals surface area contributed by atoms with Gasteiger partial charge in [0, 0.05) is 0 Å². The Morgan fingerprint density at radius 3 is 2.03 bits per heavy atom. The largest absolute Gasteiger partial charge is 0.364 e. The van der Waals surface area contributed by atoms with Crippen molar-refractivity contribution in [1.82, 2.24) is 9.78 Å². The van der Waals surface area contributed by atoms with Gasteiger partial charge in [0.2, 0.25) is 0 Å². The first kappa shape index (κ1) is 18.9. The maximum Gasteiger partial charge on any atom is 0.316 e. The van der Waals surface area contributed by atoms with Crippen LogP contribution in [0.1, 0.15) is 10.5 Å². The van der Waals surface area contributed by atoms with Crippen molar-refractivity contribution in [2.45, 2.75) is 0 Å². The summed E-state index contributed by atoms with van der Waals surface area (Å²) in [6.07, 6.45) is 1.50. The highest BCUT2D eigenvalue weighted by Gasteiger charge is 2.16. The summed E-state index contributed by atoms with van der Waals surface area (Å²) in [4.78, 5) is 22.9. The van der Waals surface area contributed by atoms with Gasteiger partial charge in [-0.1, -0.05) is 60.7 Å². The van der Waals surface area contributed by atoms with Crippen molar-refractivity contribution in [2.75, 3.05) is 5.32 Å². The van der Waals surface area contributed by atoms with E-state index in [0.717, 1.165) is 22.3 Å². The molecule has 1 aromatic heterocycles. The molecule has 0 saturated heterocycles. The highest BCUT2D eigenvalue weighted by Crippen LogP contribution is 2.28. The second-order valence-electron chi connectivity index (χ2n) is 6.69. The van der Waals surface area contributed by atoms with Gasteiger partial charge in [0.15, 0.2) is 5.69 Å². The van der Waals surface area contributed by atoms with Gasteiger partial charge in [0.1, 0.15) is 0 Å². The average Bonchev–Trinajstić information content (AvgIpc) is 3.18. The van der Waals surface area contributed by atoms with Gasteiger partial charge in [-0.05, 0) is 40.5 Å². The van der Waals surface area contributed by atoms with Crippen LogP contribution in [0.25, 0.3) is 27.9 Å². The number of nitrogens with two attached hydrogens (primary N) is 2. The number of rotatable bonds is 5. The third-order valence-electron chi connectivity index (χ3n) is 4.62. The summed E-state index contributed by atoms with van der Waals surface area (Å²) in [7, 11) is 0. The number of primary amides is 2. The molecule has 0 unspecified atom stereocenters. The predicted molar refractivity (Wildman–Crippen MR) is 116 cm³/mol. The van der Waals surface area contributed by atoms with Crippen LogP contribution in [0.4, 0.5) is 10.5 Å². The average molecular weight is 397 g/mol. The van der Waals surface area contributed by atoms with Crippen LogP contribution in [0.2, 0.25) is 0 Å². The number of benzene rings is 3. The SMILES string of the molecule is NC(=O)Nc1cn(-c2cccc(-c3cccc(-c4ccccc4)c3)c2)nc1C(N)=O. The fraction of sp³-hybridized carbons (Fsp3) is 0. The molecule has 0 radical (unpaired) electrons. The number of hydrogen-bond donors (Lipinski definition) is 3. The number of nitrogens with one attached hydrogen (secondary N) is 1. The molecule has 5 N–H and O–H groups in total. The molecule has 0 bridgehead atoms. The zero-order chi connectivity index (χ0) is 21.1. The Labute approximate surface area is 172 Å². The van der Waals surface area contributed by atoms with Crippen LogP contribution >= 0.6 is 0 Å². The van der Waals surface area contributed by atoms with Crippen molar-refractivity contribution in [3.05, 3.63) is 90.8 Å². The van der Waals surface area contributed by atoms with Crippen LogP contribution in [0, 0.1) is 0 Å². The van der Waals surface area contributed by atoms with Gasteiger partial charge < -0.3 is 16.8 Å². The van der Waals surface area contributed by atoms with E-state index in [-0.39, 0.29) is 11.4 Å². The Bertz CT molecular complexity index is 1230. The molecule has 0 spiro atoms. The van der Waals surface area contributed by atoms with Crippen molar-refractivity contribution in [3.63, 3.8) is 0 Å². The first-order valence-electron chi connectivity index (χ1n) is 9.23. The molecule has 0 aliphatic rings. The molecule has 4 rings (SSSR count). The molecule has 1 heterocycles. The van der Waals surface area contributed by atoms with Gasteiger partial charge in [0.05, 0.1) is 17.6 Å². The van der Waals surface area contributed by atoms with Crippen LogP contribution in [0.5, 0.6) is 0 Å². The summed E-state index contributed by atoms with van der Waals surface area (Å²) in [6, 6.07) is 25.2. The molecule has 30 heavy (non-hydrogen) atoms. The van der Waals surface area contributed by atoms with Crippen LogP contribution in [0.3, 0.4) is 0 Å². The van der Waals surface area contributed by atoms with E-state index in [9.17, 15) is 9.59 Å². The molecule has 4 aromatic rings. The summed E-state index contributed by atoms with van der Waals surface area (Å²) >= 11 is 0. The molecule has 0 saturated carbocycles. The molecule has 0 aliphatic heterocycles. The first-order valence-corrected chi connectivity index (χ1v) is 9.23. The summed E-state index contributed by atoms with van der Waals surface area (Å²) in [5, 5.41) is 6.58. The lowest BCUT2D eigenvalue weighted by Gasteiger charge is -2.08. The number of amides is 3. The normalized spacial score (nSPS) is 10.5. The van der Waals surface area contributed by atoms with E-state index in [1.807, 2.05) is 54.6 Å². The topological polar surface area (TPSA) is 116 Å². The van der Waals surface area contributed by atoms with Gasteiger partial charge >= 0.3 is 6.03 Å². The van der Waals surface area contributed by atoms with Gasteiger partial charge in [0.25, 0.3) is 5.91 Å². The third-order valence-corrected chi connectivity index (χ3v) is 4.62. The van der Waals surface area contributed by atoms with Crippen molar-refractivity contribution in [1.29, 1.82) is 0 Å². The highest BCUT2D eigenvalue weighted by molar-refractivity contribution is 6.00. The van der Waals surface area contributed by atoms with Crippen molar-refractivity contribution in [3.8, 4) is 27.9 Å². The molecule has 0 atom stereocenters. The van der Waals surface area contributed by atoms with E-state index in [4.69, 9.17) is 11.5 Å². The Balaban J connectivity index is 1.72. The van der Waals surface area contributed by atoms with E-state index in [1.54, 1.807) is 0 Å².